The van der Waals surface area contributed by atoms with E-state index in [1.807, 2.05) is 0 Å². The summed E-state index contributed by atoms with van der Waals surface area (Å²) in [6, 6.07) is 3.21. The van der Waals surface area contributed by atoms with Gasteiger partial charge < -0.3 is 15.6 Å². The summed E-state index contributed by atoms with van der Waals surface area (Å²) in [7, 11) is 1.73. The maximum Gasteiger partial charge on any atom is 0.270 e. The maximum absolute atomic E-state index is 12.0. The zero-order valence-electron chi connectivity index (χ0n) is 10.7. The molecule has 0 bridgehead atoms. The van der Waals surface area contributed by atoms with Crippen LogP contribution in [0.2, 0.25) is 0 Å². The topological polar surface area (TPSA) is 100 Å². The maximum atomic E-state index is 12.0. The number of hydrogen-bond donors (Lipinski definition) is 3. The number of hydrazine groups is 1. The number of carbonyl (C=O) groups excluding carboxylic acids is 2. The summed E-state index contributed by atoms with van der Waals surface area (Å²) in [5, 5.41) is 2.87. The Morgan fingerprint density at radius 2 is 2.37 bits per heavy atom. The van der Waals surface area contributed by atoms with Gasteiger partial charge in [0.1, 0.15) is 5.69 Å². The van der Waals surface area contributed by atoms with E-state index in [0.29, 0.717) is 30.8 Å². The summed E-state index contributed by atoms with van der Waals surface area (Å²) in [5.41, 5.74) is 3.39. The van der Waals surface area contributed by atoms with Gasteiger partial charge in [-0.15, -0.1) is 0 Å². The molecule has 0 saturated carbocycles. The van der Waals surface area contributed by atoms with Crippen LogP contribution in [0.15, 0.2) is 18.3 Å². The molecule has 102 valence electrons. The van der Waals surface area contributed by atoms with Crippen molar-refractivity contribution in [1.29, 1.82) is 0 Å². The normalized spacial score (nSPS) is 19.2. The van der Waals surface area contributed by atoms with Crippen LogP contribution < -0.4 is 16.6 Å². The number of rotatable bonds is 3. The standard InChI is InChI=1S/C12H17N5O2/c1-17-7-9(2-3-11(17)18)15-12(19)10-6-8(16-13)4-5-14-10/h4-6,9H,2-3,7,13H2,1H3,(H,14,16)(H,15,19). The Bertz CT molecular complexity index is 491. The van der Waals surface area contributed by atoms with Crippen molar-refractivity contribution in [3.8, 4) is 0 Å². The predicted octanol–water partition coefficient (Wildman–Crippen LogP) is -0.282. The molecule has 7 heteroatoms. The van der Waals surface area contributed by atoms with Crippen LogP contribution in [0.25, 0.3) is 0 Å². The van der Waals surface area contributed by atoms with Crippen LogP contribution in [-0.2, 0) is 4.79 Å². The van der Waals surface area contributed by atoms with E-state index in [1.54, 1.807) is 24.1 Å². The van der Waals surface area contributed by atoms with Gasteiger partial charge in [-0.2, -0.15) is 0 Å². The number of aromatic nitrogens is 1. The molecule has 1 unspecified atom stereocenters. The number of piperidine rings is 1. The van der Waals surface area contributed by atoms with Crippen molar-refractivity contribution >= 4 is 17.5 Å². The van der Waals surface area contributed by atoms with Crippen molar-refractivity contribution in [1.82, 2.24) is 15.2 Å². The Kier molecular flexibility index (Phi) is 3.96. The van der Waals surface area contributed by atoms with Crippen molar-refractivity contribution in [2.45, 2.75) is 18.9 Å². The second kappa shape index (κ2) is 5.66. The Morgan fingerprint density at radius 1 is 1.58 bits per heavy atom. The van der Waals surface area contributed by atoms with Gasteiger partial charge in [-0.1, -0.05) is 0 Å². The van der Waals surface area contributed by atoms with Crippen molar-refractivity contribution in [2.75, 3.05) is 19.0 Å². The Morgan fingerprint density at radius 3 is 3.05 bits per heavy atom. The number of nitrogen functional groups attached to an aromatic ring is 1. The van der Waals surface area contributed by atoms with Crippen LogP contribution in [0, 0.1) is 0 Å². The van der Waals surface area contributed by atoms with Crippen LogP contribution in [0.1, 0.15) is 23.3 Å². The van der Waals surface area contributed by atoms with Crippen LogP contribution in [0.5, 0.6) is 0 Å². The summed E-state index contributed by atoms with van der Waals surface area (Å²) < 4.78 is 0. The molecule has 0 aliphatic carbocycles. The Hall–Kier alpha value is -2.15. The summed E-state index contributed by atoms with van der Waals surface area (Å²) >= 11 is 0. The van der Waals surface area contributed by atoms with E-state index in [9.17, 15) is 9.59 Å². The lowest BCUT2D eigenvalue weighted by Gasteiger charge is -2.30. The molecule has 1 aromatic rings. The summed E-state index contributed by atoms with van der Waals surface area (Å²) in [6.07, 6.45) is 2.63. The molecule has 19 heavy (non-hydrogen) atoms. The van der Waals surface area contributed by atoms with Crippen LogP contribution in [0.3, 0.4) is 0 Å². The van der Waals surface area contributed by atoms with Gasteiger partial charge in [0, 0.05) is 32.3 Å². The van der Waals surface area contributed by atoms with Crippen LogP contribution in [0.4, 0.5) is 5.69 Å². The van der Waals surface area contributed by atoms with Gasteiger partial charge in [0.2, 0.25) is 5.91 Å². The molecule has 0 spiro atoms. The van der Waals surface area contributed by atoms with E-state index >= 15 is 0 Å². The van der Waals surface area contributed by atoms with Crippen LogP contribution >= 0.6 is 0 Å². The minimum absolute atomic E-state index is 0.0357. The fourth-order valence-electron chi connectivity index (χ4n) is 2.03. The highest BCUT2D eigenvalue weighted by Gasteiger charge is 2.24. The van der Waals surface area contributed by atoms with Gasteiger partial charge >= 0.3 is 0 Å². The number of anilines is 1. The highest BCUT2D eigenvalue weighted by Crippen LogP contribution is 2.11. The van der Waals surface area contributed by atoms with Crippen molar-refractivity contribution < 1.29 is 9.59 Å². The van der Waals surface area contributed by atoms with Gasteiger partial charge in [-0.05, 0) is 18.6 Å². The molecule has 0 aromatic carbocycles. The van der Waals surface area contributed by atoms with Crippen molar-refractivity contribution in [3.63, 3.8) is 0 Å². The molecular weight excluding hydrogens is 246 g/mol. The van der Waals surface area contributed by atoms with Gasteiger partial charge in [-0.25, -0.2) is 0 Å². The fourth-order valence-corrected chi connectivity index (χ4v) is 2.03. The number of hydrogen-bond acceptors (Lipinski definition) is 5. The highest BCUT2D eigenvalue weighted by molar-refractivity contribution is 5.93. The number of pyridine rings is 1. The third-order valence-electron chi connectivity index (χ3n) is 3.12. The zero-order valence-corrected chi connectivity index (χ0v) is 10.7. The monoisotopic (exact) mass is 263 g/mol. The van der Waals surface area contributed by atoms with E-state index in [1.165, 1.54) is 6.20 Å². The first-order valence-electron chi connectivity index (χ1n) is 6.07. The van der Waals surface area contributed by atoms with Gasteiger partial charge in [0.05, 0.1) is 5.69 Å². The number of amides is 2. The van der Waals surface area contributed by atoms with E-state index < -0.39 is 0 Å². The lowest BCUT2D eigenvalue weighted by Crippen LogP contribution is -2.48. The summed E-state index contributed by atoms with van der Waals surface area (Å²) in [4.78, 5) is 29.0. The van der Waals surface area contributed by atoms with Crippen molar-refractivity contribution in [3.05, 3.63) is 24.0 Å². The van der Waals surface area contributed by atoms with Gasteiger partial charge in [0.25, 0.3) is 5.91 Å². The molecule has 1 atom stereocenters. The second-order valence-corrected chi connectivity index (χ2v) is 4.56. The molecular formula is C12H17N5O2. The first-order chi connectivity index (χ1) is 9.10. The molecule has 2 amide bonds. The number of likely N-dealkylation sites (N-methyl/N-ethyl adjacent to an activating group) is 1. The van der Waals surface area contributed by atoms with Gasteiger partial charge in [0.15, 0.2) is 0 Å². The number of nitrogens with two attached hydrogens (primary N) is 1. The lowest BCUT2D eigenvalue weighted by molar-refractivity contribution is -0.132. The zero-order chi connectivity index (χ0) is 13.8. The van der Waals surface area contributed by atoms with Gasteiger partial charge in [-0.3, -0.25) is 20.4 Å². The Balaban J connectivity index is 1.99. The molecule has 1 fully saturated rings. The van der Waals surface area contributed by atoms with E-state index in [2.05, 4.69) is 15.7 Å². The molecule has 1 aromatic heterocycles. The average Bonchev–Trinajstić information content (AvgIpc) is 2.43. The Labute approximate surface area is 111 Å². The SMILES string of the molecule is CN1CC(NC(=O)c2cc(NN)ccn2)CCC1=O. The van der Waals surface area contributed by atoms with E-state index in [-0.39, 0.29) is 17.9 Å². The summed E-state index contributed by atoms with van der Waals surface area (Å²) in [5.74, 6) is 5.13. The number of likely N-dealkylation sites (tertiary alicyclic amines) is 1. The third kappa shape index (κ3) is 3.19. The molecule has 7 nitrogen and oxygen atoms in total. The molecule has 0 radical (unpaired) electrons. The third-order valence-corrected chi connectivity index (χ3v) is 3.12. The highest BCUT2D eigenvalue weighted by atomic mass is 16.2. The molecule has 4 N–H and O–H groups in total. The molecule has 2 rings (SSSR count). The van der Waals surface area contributed by atoms with Crippen LogP contribution in [-0.4, -0.2) is 41.3 Å². The smallest absolute Gasteiger partial charge is 0.270 e. The minimum Gasteiger partial charge on any atom is -0.346 e. The first kappa shape index (κ1) is 13.3. The molecule has 1 saturated heterocycles. The number of nitrogens with one attached hydrogen (secondary N) is 2. The largest absolute Gasteiger partial charge is 0.346 e. The summed E-state index contributed by atoms with van der Waals surface area (Å²) in [6.45, 7) is 0.527. The predicted molar refractivity (Wildman–Crippen MR) is 70.2 cm³/mol. The van der Waals surface area contributed by atoms with E-state index in [0.717, 1.165) is 0 Å². The first-order valence-corrected chi connectivity index (χ1v) is 6.07. The fraction of sp³-hybridized carbons (Fsp3) is 0.417. The molecule has 1 aliphatic rings. The lowest BCUT2D eigenvalue weighted by atomic mass is 10.1. The van der Waals surface area contributed by atoms with E-state index in [4.69, 9.17) is 5.84 Å². The minimum atomic E-state index is -0.259. The molecule has 1 aliphatic heterocycles. The average molecular weight is 263 g/mol. The molecule has 2 heterocycles. The second-order valence-electron chi connectivity index (χ2n) is 4.56. The number of nitrogens with zero attached hydrogens (tertiary/aromatic N) is 2. The quantitative estimate of drug-likeness (QED) is 0.514. The van der Waals surface area contributed by atoms with Crippen molar-refractivity contribution in [2.24, 2.45) is 5.84 Å². The number of carbonyl (C=O) groups is 2.